The predicted octanol–water partition coefficient (Wildman–Crippen LogP) is 1.24. The number of likely N-dealkylation sites (N-methyl/N-ethyl adjacent to an activating group) is 1. The third-order valence-corrected chi connectivity index (χ3v) is 6.66. The first-order valence-electron chi connectivity index (χ1n) is 10.9. The number of piperazine rings is 1. The molecule has 3 aliphatic rings. The van der Waals surface area contributed by atoms with Gasteiger partial charge in [-0.1, -0.05) is 0 Å². The lowest BCUT2D eigenvalue weighted by Crippen LogP contribution is -2.54. The molecule has 1 atom stereocenters. The topological polar surface area (TPSA) is 55.8 Å². The Kier molecular flexibility index (Phi) is 6.11. The van der Waals surface area contributed by atoms with Crippen LogP contribution in [0.15, 0.2) is 12.3 Å². The van der Waals surface area contributed by atoms with Crippen LogP contribution < -0.4 is 4.90 Å². The minimum Gasteiger partial charge on any atom is -0.341 e. The van der Waals surface area contributed by atoms with Gasteiger partial charge in [-0.15, -0.1) is 0 Å². The monoisotopic (exact) mass is 386 g/mol. The molecule has 28 heavy (non-hydrogen) atoms. The zero-order valence-corrected chi connectivity index (χ0v) is 17.4. The van der Waals surface area contributed by atoms with Gasteiger partial charge in [-0.3, -0.25) is 9.69 Å². The van der Waals surface area contributed by atoms with Crippen molar-refractivity contribution in [3.05, 3.63) is 18.0 Å². The summed E-state index contributed by atoms with van der Waals surface area (Å²) in [5.74, 6) is 1.44. The van der Waals surface area contributed by atoms with Gasteiger partial charge in [-0.05, 0) is 52.3 Å². The number of nitrogens with zero attached hydrogens (tertiary/aromatic N) is 6. The van der Waals surface area contributed by atoms with Crippen molar-refractivity contribution in [3.8, 4) is 0 Å². The molecule has 4 rings (SSSR count). The van der Waals surface area contributed by atoms with Crippen LogP contribution in [0, 0.1) is 12.8 Å². The Balaban J connectivity index is 1.30. The summed E-state index contributed by atoms with van der Waals surface area (Å²) in [4.78, 5) is 31.3. The highest BCUT2D eigenvalue weighted by Crippen LogP contribution is 2.26. The van der Waals surface area contributed by atoms with E-state index in [-0.39, 0.29) is 5.92 Å². The molecule has 0 aliphatic carbocycles. The lowest BCUT2D eigenvalue weighted by molar-refractivity contribution is -0.139. The molecule has 0 aromatic carbocycles. The van der Waals surface area contributed by atoms with E-state index >= 15 is 0 Å². The maximum Gasteiger partial charge on any atom is 0.227 e. The fourth-order valence-electron chi connectivity index (χ4n) is 4.84. The van der Waals surface area contributed by atoms with Gasteiger partial charge in [0.1, 0.15) is 0 Å². The van der Waals surface area contributed by atoms with Gasteiger partial charge in [0.2, 0.25) is 11.9 Å². The van der Waals surface area contributed by atoms with Crippen molar-refractivity contribution in [2.45, 2.75) is 38.6 Å². The molecule has 0 N–H and O–H groups in total. The Morgan fingerprint density at radius 2 is 1.79 bits per heavy atom. The van der Waals surface area contributed by atoms with Gasteiger partial charge in [0.05, 0.1) is 5.92 Å². The number of carbonyl (C=O) groups excluding carboxylic acids is 1. The number of amides is 1. The van der Waals surface area contributed by atoms with Crippen LogP contribution in [0.3, 0.4) is 0 Å². The van der Waals surface area contributed by atoms with Gasteiger partial charge in [0.15, 0.2) is 0 Å². The van der Waals surface area contributed by atoms with Gasteiger partial charge < -0.3 is 14.7 Å². The van der Waals surface area contributed by atoms with E-state index in [0.29, 0.717) is 11.9 Å². The van der Waals surface area contributed by atoms with Gasteiger partial charge in [-0.25, -0.2) is 9.97 Å². The van der Waals surface area contributed by atoms with E-state index in [0.717, 1.165) is 89.7 Å². The second-order valence-electron chi connectivity index (χ2n) is 8.68. The number of hydrogen-bond donors (Lipinski definition) is 0. The number of piperidine rings is 2. The molecule has 3 fully saturated rings. The Morgan fingerprint density at radius 3 is 2.50 bits per heavy atom. The van der Waals surface area contributed by atoms with Crippen molar-refractivity contribution in [2.75, 3.05) is 64.3 Å². The Bertz CT molecular complexity index is 667. The molecule has 0 saturated carbocycles. The zero-order chi connectivity index (χ0) is 19.5. The number of carbonyl (C=O) groups is 1. The van der Waals surface area contributed by atoms with Crippen LogP contribution in [0.5, 0.6) is 0 Å². The SMILES string of the molecule is Cc1ccnc(N2CCC(N3CCC[C@H](C(=O)N4CCN(C)CC4)C3)CC2)n1. The molecule has 0 bridgehead atoms. The van der Waals surface area contributed by atoms with Crippen LogP contribution in [0.4, 0.5) is 5.95 Å². The van der Waals surface area contributed by atoms with E-state index in [9.17, 15) is 4.79 Å². The third-order valence-electron chi connectivity index (χ3n) is 6.66. The zero-order valence-electron chi connectivity index (χ0n) is 17.4. The molecule has 1 aromatic rings. The standard InChI is InChI=1S/C21H34N6O/c1-17-5-8-22-21(23-17)26-10-6-19(7-11-26)27-9-3-4-18(16-27)20(28)25-14-12-24(2)13-15-25/h5,8,18-19H,3-4,6-7,9-16H2,1-2H3/t18-/m0/s1. The van der Waals surface area contributed by atoms with Crippen molar-refractivity contribution in [2.24, 2.45) is 5.92 Å². The molecular weight excluding hydrogens is 352 g/mol. The molecule has 1 aromatic heterocycles. The second kappa shape index (κ2) is 8.74. The molecule has 7 nitrogen and oxygen atoms in total. The molecule has 3 saturated heterocycles. The minimum absolute atomic E-state index is 0.190. The van der Waals surface area contributed by atoms with Crippen LogP contribution in [0.25, 0.3) is 0 Å². The number of likely N-dealkylation sites (tertiary alicyclic amines) is 1. The predicted molar refractivity (Wildman–Crippen MR) is 110 cm³/mol. The number of rotatable bonds is 3. The second-order valence-corrected chi connectivity index (χ2v) is 8.68. The summed E-state index contributed by atoms with van der Waals surface area (Å²) in [7, 11) is 2.14. The summed E-state index contributed by atoms with van der Waals surface area (Å²) in [6, 6.07) is 2.53. The first kappa shape index (κ1) is 19.6. The number of aromatic nitrogens is 2. The molecule has 7 heteroatoms. The summed E-state index contributed by atoms with van der Waals surface area (Å²) >= 11 is 0. The van der Waals surface area contributed by atoms with Gasteiger partial charge in [0, 0.05) is 63.7 Å². The summed E-state index contributed by atoms with van der Waals surface area (Å²) in [5, 5.41) is 0. The molecule has 4 heterocycles. The lowest BCUT2D eigenvalue weighted by Gasteiger charge is -2.43. The van der Waals surface area contributed by atoms with Gasteiger partial charge >= 0.3 is 0 Å². The van der Waals surface area contributed by atoms with Gasteiger partial charge in [-0.2, -0.15) is 0 Å². The lowest BCUT2D eigenvalue weighted by atomic mass is 9.92. The summed E-state index contributed by atoms with van der Waals surface area (Å²) in [5.41, 5.74) is 1.02. The largest absolute Gasteiger partial charge is 0.341 e. The van der Waals surface area contributed by atoms with Crippen molar-refractivity contribution >= 4 is 11.9 Å². The van der Waals surface area contributed by atoms with E-state index < -0.39 is 0 Å². The Labute approximate surface area is 168 Å². The van der Waals surface area contributed by atoms with Crippen LogP contribution in [0.2, 0.25) is 0 Å². The highest BCUT2D eigenvalue weighted by molar-refractivity contribution is 5.79. The van der Waals surface area contributed by atoms with Crippen molar-refractivity contribution in [1.82, 2.24) is 24.7 Å². The number of aryl methyl sites for hydroxylation is 1. The van der Waals surface area contributed by atoms with Crippen molar-refractivity contribution < 1.29 is 4.79 Å². The molecule has 1 amide bonds. The van der Waals surface area contributed by atoms with Crippen molar-refractivity contribution in [3.63, 3.8) is 0 Å². The highest BCUT2D eigenvalue weighted by atomic mass is 16.2. The van der Waals surface area contributed by atoms with E-state index in [2.05, 4.69) is 36.6 Å². The van der Waals surface area contributed by atoms with Crippen molar-refractivity contribution in [1.29, 1.82) is 0 Å². The van der Waals surface area contributed by atoms with E-state index in [1.54, 1.807) is 0 Å². The van der Waals surface area contributed by atoms with Crippen LogP contribution in [-0.4, -0.2) is 96.0 Å². The molecule has 154 valence electrons. The maximum absolute atomic E-state index is 13.0. The van der Waals surface area contributed by atoms with Gasteiger partial charge in [0.25, 0.3) is 0 Å². The van der Waals surface area contributed by atoms with E-state index in [1.165, 1.54) is 0 Å². The smallest absolute Gasteiger partial charge is 0.227 e. The first-order valence-corrected chi connectivity index (χ1v) is 10.9. The molecule has 0 radical (unpaired) electrons. The summed E-state index contributed by atoms with van der Waals surface area (Å²) in [6.45, 7) is 9.88. The average molecular weight is 387 g/mol. The average Bonchev–Trinajstić information content (AvgIpc) is 2.74. The first-order chi connectivity index (χ1) is 13.6. The number of anilines is 1. The third kappa shape index (κ3) is 4.46. The van der Waals surface area contributed by atoms with Crippen LogP contribution in [0.1, 0.15) is 31.4 Å². The quantitative estimate of drug-likeness (QED) is 0.779. The van der Waals surface area contributed by atoms with Crippen LogP contribution in [-0.2, 0) is 4.79 Å². The maximum atomic E-state index is 13.0. The minimum atomic E-state index is 0.190. The van der Waals surface area contributed by atoms with E-state index in [1.807, 2.05) is 19.2 Å². The normalized spacial score (nSPS) is 25.9. The Morgan fingerprint density at radius 1 is 1.04 bits per heavy atom. The highest BCUT2D eigenvalue weighted by Gasteiger charge is 2.34. The summed E-state index contributed by atoms with van der Waals surface area (Å²) in [6.07, 6.45) is 6.31. The summed E-state index contributed by atoms with van der Waals surface area (Å²) < 4.78 is 0. The van der Waals surface area contributed by atoms with E-state index in [4.69, 9.17) is 0 Å². The molecular formula is C21H34N6O. The van der Waals surface area contributed by atoms with Crippen LogP contribution >= 0.6 is 0 Å². The Hall–Kier alpha value is -1.73. The number of hydrogen-bond acceptors (Lipinski definition) is 6. The molecule has 3 aliphatic heterocycles. The fraction of sp³-hybridized carbons (Fsp3) is 0.762. The fourth-order valence-corrected chi connectivity index (χ4v) is 4.84. The molecule has 0 spiro atoms. The molecule has 0 unspecified atom stereocenters.